The molecule has 23 heavy (non-hydrogen) atoms. The Hall–Kier alpha value is -1.59. The maximum absolute atomic E-state index is 12.4. The molecule has 5 heteroatoms. The summed E-state index contributed by atoms with van der Waals surface area (Å²) in [4.78, 5) is 16.4. The Kier molecular flexibility index (Phi) is 7.36. The van der Waals surface area contributed by atoms with Crippen molar-refractivity contribution in [1.29, 1.82) is 0 Å². The van der Waals surface area contributed by atoms with E-state index in [4.69, 9.17) is 4.74 Å². The van der Waals surface area contributed by atoms with E-state index in [0.29, 0.717) is 26.2 Å². The molecule has 1 aliphatic rings. The molecule has 1 amide bonds. The minimum absolute atomic E-state index is 0.0540. The first-order valence-electron chi connectivity index (χ1n) is 8.55. The summed E-state index contributed by atoms with van der Waals surface area (Å²) in [5.41, 5.74) is 1.09. The van der Waals surface area contributed by atoms with Crippen LogP contribution in [0.5, 0.6) is 5.75 Å². The van der Waals surface area contributed by atoms with Crippen LogP contribution in [0.3, 0.4) is 0 Å². The molecule has 1 saturated heterocycles. The summed E-state index contributed by atoms with van der Waals surface area (Å²) in [6.45, 7) is 5.88. The zero-order chi connectivity index (χ0) is 16.5. The molecule has 0 spiro atoms. The smallest absolute Gasteiger partial charge is 0.236 e. The van der Waals surface area contributed by atoms with Crippen LogP contribution in [0.2, 0.25) is 0 Å². The summed E-state index contributed by atoms with van der Waals surface area (Å²) in [6.07, 6.45) is 3.42. The van der Waals surface area contributed by atoms with Crippen molar-refractivity contribution in [2.24, 2.45) is 0 Å². The van der Waals surface area contributed by atoms with Gasteiger partial charge in [0.1, 0.15) is 5.75 Å². The predicted molar refractivity (Wildman–Crippen MR) is 90.4 cm³/mol. The maximum Gasteiger partial charge on any atom is 0.236 e. The number of likely N-dealkylation sites (tertiary alicyclic amines) is 1. The van der Waals surface area contributed by atoms with Gasteiger partial charge in [-0.25, -0.2) is 0 Å². The highest BCUT2D eigenvalue weighted by atomic mass is 16.5. The van der Waals surface area contributed by atoms with Gasteiger partial charge in [0.15, 0.2) is 0 Å². The van der Waals surface area contributed by atoms with Crippen LogP contribution in [-0.2, 0) is 11.3 Å². The highest BCUT2D eigenvalue weighted by Crippen LogP contribution is 2.15. The van der Waals surface area contributed by atoms with E-state index in [1.165, 1.54) is 6.42 Å². The second-order valence-corrected chi connectivity index (χ2v) is 5.96. The Morgan fingerprint density at radius 2 is 2.09 bits per heavy atom. The van der Waals surface area contributed by atoms with Crippen LogP contribution in [0.15, 0.2) is 24.3 Å². The lowest BCUT2D eigenvalue weighted by molar-refractivity contribution is -0.133. The van der Waals surface area contributed by atoms with Crippen molar-refractivity contribution in [3.8, 4) is 5.75 Å². The summed E-state index contributed by atoms with van der Waals surface area (Å²) in [7, 11) is 0. The SMILES string of the molecule is CCOc1cccc(CN(CCO)CC(=O)N2CCCCC2)c1. The van der Waals surface area contributed by atoms with Crippen molar-refractivity contribution in [3.05, 3.63) is 29.8 Å². The molecule has 1 N–H and O–H groups in total. The predicted octanol–water partition coefficient (Wildman–Crippen LogP) is 1.89. The molecule has 0 saturated carbocycles. The van der Waals surface area contributed by atoms with E-state index in [-0.39, 0.29) is 12.5 Å². The lowest BCUT2D eigenvalue weighted by Gasteiger charge is -2.29. The zero-order valence-corrected chi connectivity index (χ0v) is 14.0. The van der Waals surface area contributed by atoms with Crippen molar-refractivity contribution in [2.45, 2.75) is 32.7 Å². The second-order valence-electron chi connectivity index (χ2n) is 5.96. The van der Waals surface area contributed by atoms with E-state index < -0.39 is 0 Å². The molecule has 1 aromatic carbocycles. The van der Waals surface area contributed by atoms with Crippen molar-refractivity contribution < 1.29 is 14.6 Å². The van der Waals surface area contributed by atoms with Crippen molar-refractivity contribution in [3.63, 3.8) is 0 Å². The molecule has 0 bridgehead atoms. The molecule has 2 rings (SSSR count). The quantitative estimate of drug-likeness (QED) is 0.795. The minimum atomic E-state index is 0.0540. The van der Waals surface area contributed by atoms with Gasteiger partial charge in [0.25, 0.3) is 0 Å². The Labute approximate surface area is 138 Å². The number of aliphatic hydroxyl groups excluding tert-OH is 1. The number of ether oxygens (including phenoxy) is 1. The largest absolute Gasteiger partial charge is 0.494 e. The average molecular weight is 320 g/mol. The van der Waals surface area contributed by atoms with Gasteiger partial charge < -0.3 is 14.7 Å². The van der Waals surface area contributed by atoms with Crippen molar-refractivity contribution in [1.82, 2.24) is 9.80 Å². The van der Waals surface area contributed by atoms with Gasteiger partial charge in [0.2, 0.25) is 5.91 Å². The van der Waals surface area contributed by atoms with Crippen LogP contribution in [0.1, 0.15) is 31.7 Å². The summed E-state index contributed by atoms with van der Waals surface area (Å²) in [5, 5.41) is 9.29. The summed E-state index contributed by atoms with van der Waals surface area (Å²) < 4.78 is 5.52. The number of aliphatic hydroxyl groups is 1. The Morgan fingerprint density at radius 3 is 2.78 bits per heavy atom. The maximum atomic E-state index is 12.4. The number of hydrogen-bond acceptors (Lipinski definition) is 4. The van der Waals surface area contributed by atoms with Gasteiger partial charge in [-0.05, 0) is 43.9 Å². The zero-order valence-electron chi connectivity index (χ0n) is 14.0. The molecule has 0 atom stereocenters. The molecule has 1 fully saturated rings. The van der Waals surface area contributed by atoms with Crippen LogP contribution < -0.4 is 4.74 Å². The van der Waals surface area contributed by atoms with Crippen LogP contribution in [-0.4, -0.2) is 60.2 Å². The molecule has 1 aromatic rings. The molecular weight excluding hydrogens is 292 g/mol. The van der Waals surface area contributed by atoms with Gasteiger partial charge in [-0.1, -0.05) is 12.1 Å². The average Bonchev–Trinajstić information content (AvgIpc) is 2.56. The number of rotatable bonds is 8. The highest BCUT2D eigenvalue weighted by molar-refractivity contribution is 5.78. The summed E-state index contributed by atoms with van der Waals surface area (Å²) in [6, 6.07) is 7.92. The number of amides is 1. The lowest BCUT2D eigenvalue weighted by atomic mass is 10.1. The molecule has 1 heterocycles. The molecule has 0 unspecified atom stereocenters. The lowest BCUT2D eigenvalue weighted by Crippen LogP contribution is -2.43. The van der Waals surface area contributed by atoms with Gasteiger partial charge in [0, 0.05) is 26.2 Å². The first-order chi connectivity index (χ1) is 11.2. The van der Waals surface area contributed by atoms with Crippen LogP contribution in [0.4, 0.5) is 0 Å². The monoisotopic (exact) mass is 320 g/mol. The molecule has 0 aliphatic carbocycles. The molecule has 128 valence electrons. The first-order valence-corrected chi connectivity index (χ1v) is 8.55. The fourth-order valence-corrected chi connectivity index (χ4v) is 2.95. The van der Waals surface area contributed by atoms with E-state index in [2.05, 4.69) is 0 Å². The molecule has 5 nitrogen and oxygen atoms in total. The number of piperidine rings is 1. The van der Waals surface area contributed by atoms with E-state index in [0.717, 1.165) is 37.2 Å². The topological polar surface area (TPSA) is 53.0 Å². The van der Waals surface area contributed by atoms with Crippen molar-refractivity contribution in [2.75, 3.05) is 39.4 Å². The van der Waals surface area contributed by atoms with Gasteiger partial charge in [0.05, 0.1) is 19.8 Å². The fourth-order valence-electron chi connectivity index (χ4n) is 2.95. The van der Waals surface area contributed by atoms with E-state index >= 15 is 0 Å². The van der Waals surface area contributed by atoms with Crippen LogP contribution in [0.25, 0.3) is 0 Å². The second kappa shape index (κ2) is 9.53. The summed E-state index contributed by atoms with van der Waals surface area (Å²) >= 11 is 0. The van der Waals surface area contributed by atoms with E-state index in [9.17, 15) is 9.90 Å². The van der Waals surface area contributed by atoms with Gasteiger partial charge in [-0.15, -0.1) is 0 Å². The fraction of sp³-hybridized carbons (Fsp3) is 0.611. The van der Waals surface area contributed by atoms with Gasteiger partial charge >= 0.3 is 0 Å². The number of nitrogens with zero attached hydrogens (tertiary/aromatic N) is 2. The molecule has 1 aliphatic heterocycles. The molecular formula is C18H28N2O3. The Bertz CT molecular complexity index is 487. The van der Waals surface area contributed by atoms with Gasteiger partial charge in [-0.2, -0.15) is 0 Å². The highest BCUT2D eigenvalue weighted by Gasteiger charge is 2.19. The normalized spacial score (nSPS) is 15.0. The number of carbonyl (C=O) groups excluding carboxylic acids is 1. The third kappa shape index (κ3) is 5.84. The van der Waals surface area contributed by atoms with Crippen molar-refractivity contribution >= 4 is 5.91 Å². The molecule has 0 radical (unpaired) electrons. The number of benzene rings is 1. The standard InChI is InChI=1S/C18H28N2O3/c1-2-23-17-8-6-7-16(13-17)14-19(11-12-21)15-18(22)20-9-4-3-5-10-20/h6-8,13,21H,2-5,9-12,14-15H2,1H3. The number of hydrogen-bond donors (Lipinski definition) is 1. The summed E-state index contributed by atoms with van der Waals surface area (Å²) in [5.74, 6) is 1.01. The van der Waals surface area contributed by atoms with E-state index in [1.54, 1.807) is 0 Å². The van der Waals surface area contributed by atoms with Crippen LogP contribution in [0, 0.1) is 0 Å². The van der Waals surface area contributed by atoms with Gasteiger partial charge in [-0.3, -0.25) is 9.69 Å². The first kappa shape index (κ1) is 17.8. The third-order valence-corrected chi connectivity index (χ3v) is 4.10. The van der Waals surface area contributed by atoms with E-state index in [1.807, 2.05) is 41.0 Å². The minimum Gasteiger partial charge on any atom is -0.494 e. The number of carbonyl (C=O) groups is 1. The molecule has 0 aromatic heterocycles. The third-order valence-electron chi connectivity index (χ3n) is 4.10. The van der Waals surface area contributed by atoms with Crippen LogP contribution >= 0.6 is 0 Å². The Balaban J connectivity index is 1.94. The Morgan fingerprint density at radius 1 is 1.30 bits per heavy atom.